The Kier molecular flexibility index (Phi) is 7.04. The Labute approximate surface area is 207 Å². The number of nitrogens with two attached hydrogens (primary N) is 1. The van der Waals surface area contributed by atoms with E-state index >= 15 is 4.39 Å². The molecule has 1 saturated heterocycles. The first-order chi connectivity index (χ1) is 16.4. The summed E-state index contributed by atoms with van der Waals surface area (Å²) in [5.74, 6) is -0.251. The second-order valence-corrected chi connectivity index (χ2v) is 11.4. The molecule has 2 unspecified atom stereocenters. The molecule has 1 fully saturated rings. The van der Waals surface area contributed by atoms with Crippen molar-refractivity contribution in [2.75, 3.05) is 18.5 Å². The summed E-state index contributed by atoms with van der Waals surface area (Å²) in [6.45, 7) is 2.46. The van der Waals surface area contributed by atoms with Crippen molar-refractivity contribution < 1.29 is 37.4 Å². The number of aliphatic hydroxyl groups excluding tert-OH is 1. The summed E-state index contributed by atoms with van der Waals surface area (Å²) in [5, 5.41) is 10.5. The van der Waals surface area contributed by atoms with Gasteiger partial charge in [-0.25, -0.2) is 13.8 Å². The molecule has 0 bridgehead atoms. The molecule has 0 saturated carbocycles. The monoisotopic (exact) mass is 576 g/mol. The van der Waals surface area contributed by atoms with E-state index in [0.29, 0.717) is 23.2 Å². The molecule has 4 heterocycles. The van der Waals surface area contributed by atoms with Crippen LogP contribution in [-0.2, 0) is 36.4 Å². The van der Waals surface area contributed by atoms with Crippen LogP contribution in [0.1, 0.15) is 30.0 Å². The maximum Gasteiger partial charge on any atom is 0.379 e. The molecule has 2 aliphatic heterocycles. The van der Waals surface area contributed by atoms with E-state index in [9.17, 15) is 19.3 Å². The molecule has 0 spiro atoms. The van der Waals surface area contributed by atoms with Crippen LogP contribution in [0.15, 0.2) is 23.3 Å². The fourth-order valence-electron chi connectivity index (χ4n) is 3.80. The molecule has 35 heavy (non-hydrogen) atoms. The van der Waals surface area contributed by atoms with Crippen LogP contribution in [0.3, 0.4) is 0 Å². The topological polar surface area (TPSA) is 165 Å². The van der Waals surface area contributed by atoms with Crippen molar-refractivity contribution in [3.05, 3.63) is 45.8 Å². The molecular formula is C20H23BrFN4O8P. The maximum atomic E-state index is 15.3. The van der Waals surface area contributed by atoms with Gasteiger partial charge in [-0.15, -0.1) is 0 Å². The fourth-order valence-corrected chi connectivity index (χ4v) is 6.08. The number of hydrogen-bond donors (Lipinski definition) is 2. The number of aliphatic hydroxyl groups is 1. The molecule has 2 aromatic rings. The molecule has 0 radical (unpaired) electrons. The number of rotatable bonds is 6. The van der Waals surface area contributed by atoms with Gasteiger partial charge in [0.15, 0.2) is 12.0 Å². The van der Waals surface area contributed by atoms with E-state index in [4.69, 9.17) is 24.3 Å². The second kappa shape index (κ2) is 9.58. The van der Waals surface area contributed by atoms with Gasteiger partial charge in [-0.05, 0) is 35.3 Å². The number of alkyl halides is 2. The number of nitrogen functional groups attached to an aromatic ring is 1. The molecule has 15 heteroatoms. The minimum atomic E-state index is -3.73. The molecule has 0 aliphatic carbocycles. The van der Waals surface area contributed by atoms with E-state index in [1.807, 2.05) is 0 Å². The predicted molar refractivity (Wildman–Crippen MR) is 123 cm³/mol. The van der Waals surface area contributed by atoms with Gasteiger partial charge >= 0.3 is 19.3 Å². The second-order valence-electron chi connectivity index (χ2n) is 8.12. The van der Waals surface area contributed by atoms with Crippen LogP contribution in [0, 0.1) is 6.92 Å². The van der Waals surface area contributed by atoms with Crippen molar-refractivity contribution in [3.63, 3.8) is 0 Å². The summed E-state index contributed by atoms with van der Waals surface area (Å²) in [6, 6.07) is 1.28. The van der Waals surface area contributed by atoms with Crippen LogP contribution >= 0.6 is 23.5 Å². The molecule has 2 aromatic heterocycles. The van der Waals surface area contributed by atoms with Gasteiger partial charge in [-0.1, -0.05) is 0 Å². The highest BCUT2D eigenvalue weighted by atomic mass is 79.9. The Hall–Kier alpha value is -2.38. The summed E-state index contributed by atoms with van der Waals surface area (Å²) in [6.07, 6.45) is -1.63. The third-order valence-corrected chi connectivity index (χ3v) is 8.26. The first-order valence-electron chi connectivity index (χ1n) is 10.5. The molecule has 190 valence electrons. The first-order valence-corrected chi connectivity index (χ1v) is 13.0. The number of anilines is 1. The highest BCUT2D eigenvalue weighted by molar-refractivity contribution is 9.10. The zero-order valence-corrected chi connectivity index (χ0v) is 21.2. The summed E-state index contributed by atoms with van der Waals surface area (Å²) < 4.78 is 48.7. The van der Waals surface area contributed by atoms with Crippen molar-refractivity contribution in [2.24, 2.45) is 0 Å². The number of nitrogens with zero attached hydrogens (tertiary/aromatic N) is 3. The SMILES string of the molecule is CC(=O)OCc1cnc(C)c2c1CCP(=O)(OC[C@H]1O[C@@H](n3ccc(N)nc3=O)[C@@](F)(Br)C1O)O2. The van der Waals surface area contributed by atoms with Gasteiger partial charge in [-0.2, -0.15) is 4.98 Å². The van der Waals surface area contributed by atoms with Gasteiger partial charge in [-0.3, -0.25) is 18.9 Å². The number of halogens is 2. The number of pyridine rings is 1. The van der Waals surface area contributed by atoms with Crippen molar-refractivity contribution in [1.29, 1.82) is 0 Å². The first kappa shape index (κ1) is 25.7. The van der Waals surface area contributed by atoms with E-state index < -0.39 is 48.9 Å². The number of carbonyl (C=O) groups is 1. The highest BCUT2D eigenvalue weighted by Gasteiger charge is 2.57. The minimum absolute atomic E-state index is 0.00778. The Morgan fingerprint density at radius 1 is 1.51 bits per heavy atom. The van der Waals surface area contributed by atoms with Crippen LogP contribution in [0.25, 0.3) is 0 Å². The quantitative estimate of drug-likeness (QED) is 0.292. The summed E-state index contributed by atoms with van der Waals surface area (Å²) >= 11 is 2.79. The third kappa shape index (κ3) is 5.12. The van der Waals surface area contributed by atoms with Crippen LogP contribution in [0.4, 0.5) is 10.2 Å². The van der Waals surface area contributed by atoms with Crippen LogP contribution in [-0.4, -0.2) is 55.2 Å². The lowest BCUT2D eigenvalue weighted by Gasteiger charge is -2.28. The van der Waals surface area contributed by atoms with Gasteiger partial charge in [0.1, 0.15) is 24.6 Å². The third-order valence-electron chi connectivity index (χ3n) is 5.62. The molecule has 12 nitrogen and oxygen atoms in total. The molecule has 0 aromatic carbocycles. The number of aromatic nitrogens is 3. The Morgan fingerprint density at radius 2 is 2.26 bits per heavy atom. The predicted octanol–water partition coefficient (Wildman–Crippen LogP) is 1.76. The van der Waals surface area contributed by atoms with E-state index in [0.717, 1.165) is 4.57 Å². The Balaban J connectivity index is 1.48. The summed E-state index contributed by atoms with van der Waals surface area (Å²) in [4.78, 5) is 31.0. The number of hydrogen-bond acceptors (Lipinski definition) is 11. The Bertz CT molecular complexity index is 1260. The maximum absolute atomic E-state index is 15.3. The lowest BCUT2D eigenvalue weighted by atomic mass is 10.1. The van der Waals surface area contributed by atoms with Gasteiger partial charge in [0.2, 0.25) is 4.58 Å². The van der Waals surface area contributed by atoms with Gasteiger partial charge < -0.3 is 24.8 Å². The van der Waals surface area contributed by atoms with E-state index in [-0.39, 0.29) is 24.3 Å². The van der Waals surface area contributed by atoms with Gasteiger partial charge in [0.05, 0.1) is 18.5 Å². The van der Waals surface area contributed by atoms with Crippen molar-refractivity contribution in [2.45, 2.75) is 49.9 Å². The van der Waals surface area contributed by atoms with Crippen LogP contribution < -0.4 is 15.9 Å². The van der Waals surface area contributed by atoms with Crippen LogP contribution in [0.2, 0.25) is 0 Å². The van der Waals surface area contributed by atoms with Crippen molar-refractivity contribution >= 4 is 35.3 Å². The van der Waals surface area contributed by atoms with Crippen molar-refractivity contribution in [3.8, 4) is 5.75 Å². The molecule has 3 N–H and O–H groups in total. The lowest BCUT2D eigenvalue weighted by Crippen LogP contribution is -2.40. The number of esters is 1. The average molecular weight is 577 g/mol. The van der Waals surface area contributed by atoms with Crippen LogP contribution in [0.5, 0.6) is 5.75 Å². The number of carbonyl (C=O) groups excluding carboxylic acids is 1. The number of fused-ring (bicyclic) bond motifs is 1. The molecule has 2 aliphatic rings. The van der Waals surface area contributed by atoms with Crippen molar-refractivity contribution in [1.82, 2.24) is 14.5 Å². The van der Waals surface area contributed by atoms with E-state index in [1.165, 1.54) is 19.2 Å². The molecule has 0 amide bonds. The zero-order valence-electron chi connectivity index (χ0n) is 18.7. The standard InChI is InChI=1S/C20H23BrFN4O8P/c1-10-16-13(12(7-24-10)8-31-11(2)27)4-6-35(30,34-16)32-9-14-17(28)20(21,22)18(33-14)26-5-3-15(23)25-19(26)29/h3,5,7,14,17-18,28H,4,6,8-9H2,1-2H3,(H2,23,25,29)/t14-,17?,18-,20-,35?/m1/s1. The summed E-state index contributed by atoms with van der Waals surface area (Å²) in [7, 11) is -3.73. The lowest BCUT2D eigenvalue weighted by molar-refractivity contribution is -0.142. The summed E-state index contributed by atoms with van der Waals surface area (Å²) in [5.41, 5.74) is 6.37. The Morgan fingerprint density at radius 3 is 2.94 bits per heavy atom. The zero-order chi connectivity index (χ0) is 25.5. The number of aryl methyl sites for hydroxylation is 1. The minimum Gasteiger partial charge on any atom is -0.461 e. The van der Waals surface area contributed by atoms with Gasteiger partial charge in [0.25, 0.3) is 0 Å². The number of ether oxygens (including phenoxy) is 2. The average Bonchev–Trinajstić information content (AvgIpc) is 3.01. The molecule has 4 rings (SSSR count). The normalized spacial score (nSPS) is 29.9. The van der Waals surface area contributed by atoms with E-state index in [2.05, 4.69) is 25.9 Å². The fraction of sp³-hybridized carbons (Fsp3) is 0.500. The largest absolute Gasteiger partial charge is 0.461 e. The molecular weight excluding hydrogens is 554 g/mol. The molecule has 5 atom stereocenters. The van der Waals surface area contributed by atoms with E-state index in [1.54, 1.807) is 13.1 Å². The smallest absolute Gasteiger partial charge is 0.379 e. The van der Waals surface area contributed by atoms with Gasteiger partial charge in [0, 0.05) is 30.4 Å². The highest BCUT2D eigenvalue weighted by Crippen LogP contribution is 2.55.